The topological polar surface area (TPSA) is 12.9 Å². The predicted octanol–water partition coefficient (Wildman–Crippen LogP) is 2.00. The van der Waals surface area contributed by atoms with Crippen molar-refractivity contribution in [3.05, 3.63) is 30.1 Å². The maximum Gasteiger partial charge on any atom is 0 e. The van der Waals surface area contributed by atoms with E-state index in [-0.39, 0.29) is 32.7 Å². The van der Waals surface area contributed by atoms with Crippen molar-refractivity contribution in [3.63, 3.8) is 0 Å². The molecule has 1 heterocycles. The van der Waals surface area contributed by atoms with Gasteiger partial charge in [0.15, 0.2) is 0 Å². The molecule has 0 saturated carbocycles. The summed E-state index contributed by atoms with van der Waals surface area (Å²) in [5.41, 5.74) is 1.18. The molecule has 0 aliphatic heterocycles. The summed E-state index contributed by atoms with van der Waals surface area (Å²) in [6.45, 7) is 4.26. The molecule has 51 valence electrons. The Kier molecular flexibility index (Phi) is 5.10. The van der Waals surface area contributed by atoms with Gasteiger partial charge in [0.2, 0.25) is 0 Å². The van der Waals surface area contributed by atoms with Gasteiger partial charge >= 0.3 is 0 Å². The Balaban J connectivity index is 0.000000810. The number of nitrogens with zero attached hydrogens (tertiary/aromatic N) is 1. The van der Waals surface area contributed by atoms with Crippen molar-refractivity contribution in [2.75, 3.05) is 0 Å². The molecular weight excluding hydrogens is 199 g/mol. The van der Waals surface area contributed by atoms with Gasteiger partial charge in [0.25, 0.3) is 0 Å². The van der Waals surface area contributed by atoms with Gasteiger partial charge in [-0.25, -0.2) is 0 Å². The van der Waals surface area contributed by atoms with E-state index in [1.165, 1.54) is 5.56 Å². The van der Waals surface area contributed by atoms with Gasteiger partial charge < -0.3 is 4.98 Å². The fraction of sp³-hybridized carbons (Fsp3) is 0.375. The second kappa shape index (κ2) is 4.98. The van der Waals surface area contributed by atoms with E-state index in [4.69, 9.17) is 0 Å². The molecule has 0 atom stereocenters. The minimum atomic E-state index is 0. The quantitative estimate of drug-likeness (QED) is 0.644. The molecule has 0 saturated heterocycles. The van der Waals surface area contributed by atoms with Crippen molar-refractivity contribution < 1.29 is 32.7 Å². The Morgan fingerprint density at radius 1 is 1.50 bits per heavy atom. The monoisotopic (exact) mass is 209 g/mol. The van der Waals surface area contributed by atoms with Crippen molar-refractivity contribution in [1.82, 2.24) is 4.98 Å². The molecule has 0 aliphatic rings. The van der Waals surface area contributed by atoms with Crippen LogP contribution in [0.15, 0.2) is 18.3 Å². The Morgan fingerprint density at radius 2 is 2.20 bits per heavy atom. The summed E-state index contributed by atoms with van der Waals surface area (Å²) in [6.07, 6.45) is 4.66. The third-order valence-electron chi connectivity index (χ3n) is 1.25. The molecular formula is C8H10NY-. The van der Waals surface area contributed by atoms with Gasteiger partial charge in [0.05, 0.1) is 0 Å². The standard InChI is InChI=1S/C8H10N.Y/c1-7(2)8-4-3-5-9-6-8;/h3-5,7H,1-2H3;/q-1;. The van der Waals surface area contributed by atoms with E-state index in [1.54, 1.807) is 6.20 Å². The minimum Gasteiger partial charge on any atom is -0.394 e. The number of pyridine rings is 1. The zero-order valence-electron chi connectivity index (χ0n) is 6.33. The summed E-state index contributed by atoms with van der Waals surface area (Å²) < 4.78 is 0. The van der Waals surface area contributed by atoms with Crippen LogP contribution in [0, 0.1) is 6.20 Å². The Hall–Kier alpha value is 0.254. The molecule has 1 aromatic rings. The van der Waals surface area contributed by atoms with E-state index >= 15 is 0 Å². The van der Waals surface area contributed by atoms with E-state index in [1.807, 2.05) is 12.1 Å². The third-order valence-corrected chi connectivity index (χ3v) is 1.25. The second-order valence-electron chi connectivity index (χ2n) is 2.36. The second-order valence-corrected chi connectivity index (χ2v) is 2.36. The number of hydrogen-bond donors (Lipinski definition) is 0. The molecule has 0 aliphatic carbocycles. The Labute approximate surface area is 87.1 Å². The van der Waals surface area contributed by atoms with Crippen LogP contribution in [0.1, 0.15) is 25.3 Å². The maximum absolute atomic E-state index is 3.88. The molecule has 0 N–H and O–H groups in total. The number of rotatable bonds is 1. The van der Waals surface area contributed by atoms with E-state index < -0.39 is 0 Å². The normalized spacial score (nSPS) is 9.10. The average molecular weight is 209 g/mol. The molecule has 0 amide bonds. The van der Waals surface area contributed by atoms with Gasteiger partial charge in [0.1, 0.15) is 0 Å². The first-order valence-corrected chi connectivity index (χ1v) is 3.13. The van der Waals surface area contributed by atoms with Crippen molar-refractivity contribution in [2.45, 2.75) is 19.8 Å². The SMILES string of the molecule is CC(C)c1[c-]nccc1.[Y]. The van der Waals surface area contributed by atoms with Gasteiger partial charge in [-0.15, -0.1) is 5.56 Å². The molecule has 0 bridgehead atoms. The molecule has 2 heteroatoms. The first kappa shape index (κ1) is 10.3. The van der Waals surface area contributed by atoms with Crippen LogP contribution >= 0.6 is 0 Å². The van der Waals surface area contributed by atoms with Crippen molar-refractivity contribution >= 4 is 0 Å². The predicted molar refractivity (Wildman–Crippen MR) is 37.2 cm³/mol. The molecule has 0 unspecified atom stereocenters. The van der Waals surface area contributed by atoms with Crippen molar-refractivity contribution in [2.24, 2.45) is 0 Å². The number of hydrogen-bond acceptors (Lipinski definition) is 1. The van der Waals surface area contributed by atoms with Crippen LogP contribution in [0.2, 0.25) is 0 Å². The summed E-state index contributed by atoms with van der Waals surface area (Å²) in [5.74, 6) is 0.540. The van der Waals surface area contributed by atoms with Gasteiger partial charge in [0, 0.05) is 32.7 Å². The largest absolute Gasteiger partial charge is 0.394 e. The van der Waals surface area contributed by atoms with Gasteiger partial charge in [-0.05, 0) is 5.92 Å². The third kappa shape index (κ3) is 2.89. The van der Waals surface area contributed by atoms with Crippen molar-refractivity contribution in [1.29, 1.82) is 0 Å². The smallest absolute Gasteiger partial charge is 0 e. The zero-order chi connectivity index (χ0) is 6.69. The number of aromatic nitrogens is 1. The summed E-state index contributed by atoms with van der Waals surface area (Å²) in [7, 11) is 0. The molecule has 0 fully saturated rings. The van der Waals surface area contributed by atoms with Crippen LogP contribution in [0.5, 0.6) is 0 Å². The fourth-order valence-electron chi connectivity index (χ4n) is 0.660. The first-order chi connectivity index (χ1) is 4.30. The van der Waals surface area contributed by atoms with E-state index in [9.17, 15) is 0 Å². The van der Waals surface area contributed by atoms with Crippen LogP contribution in [0.3, 0.4) is 0 Å². The summed E-state index contributed by atoms with van der Waals surface area (Å²) >= 11 is 0. The van der Waals surface area contributed by atoms with Crippen LogP contribution in [0.4, 0.5) is 0 Å². The molecule has 0 spiro atoms. The fourth-order valence-corrected chi connectivity index (χ4v) is 0.660. The van der Waals surface area contributed by atoms with Crippen LogP contribution < -0.4 is 0 Å². The molecule has 10 heavy (non-hydrogen) atoms. The van der Waals surface area contributed by atoms with Gasteiger partial charge in [-0.2, -0.15) is 12.1 Å². The summed E-state index contributed by atoms with van der Waals surface area (Å²) in [5, 5.41) is 0. The molecule has 0 aromatic carbocycles. The van der Waals surface area contributed by atoms with Crippen LogP contribution in [-0.2, 0) is 32.7 Å². The van der Waals surface area contributed by atoms with Gasteiger partial charge in [-0.1, -0.05) is 26.2 Å². The van der Waals surface area contributed by atoms with Gasteiger partial charge in [-0.3, -0.25) is 0 Å². The maximum atomic E-state index is 3.88. The summed E-state index contributed by atoms with van der Waals surface area (Å²) in [6, 6.07) is 3.98. The Bertz CT molecular complexity index is 172. The van der Waals surface area contributed by atoms with E-state index in [2.05, 4.69) is 25.0 Å². The molecule has 1 nitrogen and oxygen atoms in total. The van der Waals surface area contributed by atoms with E-state index in [0.717, 1.165) is 0 Å². The molecule has 1 aromatic heterocycles. The first-order valence-electron chi connectivity index (χ1n) is 3.13. The minimum absolute atomic E-state index is 0. The zero-order valence-corrected chi connectivity index (χ0v) is 9.17. The van der Waals surface area contributed by atoms with Crippen molar-refractivity contribution in [3.8, 4) is 0 Å². The molecule has 1 radical (unpaired) electrons. The average Bonchev–Trinajstić information content (AvgIpc) is 1.90. The summed E-state index contributed by atoms with van der Waals surface area (Å²) in [4.78, 5) is 3.88. The Morgan fingerprint density at radius 3 is 2.50 bits per heavy atom. The molecule has 1 rings (SSSR count). The van der Waals surface area contributed by atoms with Crippen LogP contribution in [-0.4, -0.2) is 4.98 Å². The van der Waals surface area contributed by atoms with E-state index in [0.29, 0.717) is 5.92 Å². The van der Waals surface area contributed by atoms with Crippen LogP contribution in [0.25, 0.3) is 0 Å².